The number of benzene rings is 3. The summed E-state index contributed by atoms with van der Waals surface area (Å²) in [6, 6.07) is 21.5. The number of nitrogens with zero attached hydrogens (tertiary/aromatic N) is 1. The number of hydrogen-bond donors (Lipinski definition) is 3. The van der Waals surface area contributed by atoms with Gasteiger partial charge < -0.3 is 25.4 Å². The van der Waals surface area contributed by atoms with Crippen molar-refractivity contribution in [3.8, 4) is 11.5 Å². The number of ether oxygens (including phenoxy) is 2. The second-order valence-electron chi connectivity index (χ2n) is 9.02. The standard InChI is InChI=1S/C30H27ClN4O4S/c1-17-25(28(36)33-20-11-7-8-12-23(20)38-2)26(18-9-5-4-6-10-18)27-22(16-40-29(27)32-17)35-30(37)34-21-15-19(31)13-14-24(21)39-3/h4-15,26H,16H2,1-3H3,(H,33,36)(H2,34,35,37). The number of allylic oxidation sites excluding steroid dienone is 1. The Morgan fingerprint density at radius 3 is 2.35 bits per heavy atom. The number of nitrogens with one attached hydrogen (secondary N) is 3. The molecule has 2 heterocycles. The van der Waals surface area contributed by atoms with Crippen molar-refractivity contribution in [3.63, 3.8) is 0 Å². The van der Waals surface area contributed by atoms with Crippen LogP contribution in [0.1, 0.15) is 18.4 Å². The number of urea groups is 1. The van der Waals surface area contributed by atoms with Crippen LogP contribution in [0.3, 0.4) is 0 Å². The van der Waals surface area contributed by atoms with Crippen LogP contribution in [0, 0.1) is 0 Å². The molecule has 40 heavy (non-hydrogen) atoms. The maximum atomic E-state index is 13.8. The first-order chi connectivity index (χ1) is 19.4. The molecule has 0 aromatic heterocycles. The molecule has 0 saturated heterocycles. The number of fused-ring (bicyclic) bond motifs is 1. The summed E-state index contributed by atoms with van der Waals surface area (Å²) in [5.74, 6) is 0.780. The van der Waals surface area contributed by atoms with E-state index in [1.54, 1.807) is 37.4 Å². The molecule has 3 amide bonds. The van der Waals surface area contributed by atoms with Crippen LogP contribution in [0.5, 0.6) is 11.5 Å². The topological polar surface area (TPSA) is 101 Å². The number of para-hydroxylation sites is 2. The van der Waals surface area contributed by atoms with Crippen molar-refractivity contribution in [3.05, 3.63) is 106 Å². The molecular formula is C30H27ClN4O4S. The number of thioether (sulfide) groups is 1. The normalized spacial score (nSPS) is 16.2. The van der Waals surface area contributed by atoms with Gasteiger partial charge in [-0.25, -0.2) is 9.79 Å². The molecule has 10 heteroatoms. The third-order valence-electron chi connectivity index (χ3n) is 6.55. The fraction of sp³-hybridized carbons (Fsp3) is 0.167. The Balaban J connectivity index is 1.51. The molecule has 3 aromatic carbocycles. The molecule has 3 N–H and O–H groups in total. The molecule has 2 aliphatic heterocycles. The van der Waals surface area contributed by atoms with E-state index in [0.29, 0.717) is 50.6 Å². The summed E-state index contributed by atoms with van der Waals surface area (Å²) >= 11 is 7.66. The van der Waals surface area contributed by atoms with Crippen LogP contribution in [-0.4, -0.2) is 37.0 Å². The summed E-state index contributed by atoms with van der Waals surface area (Å²) in [5, 5.41) is 10.1. The highest BCUT2D eigenvalue weighted by Crippen LogP contribution is 2.46. The van der Waals surface area contributed by atoms with Gasteiger partial charge in [0.05, 0.1) is 31.2 Å². The lowest BCUT2D eigenvalue weighted by Crippen LogP contribution is -2.32. The molecule has 1 unspecified atom stereocenters. The highest BCUT2D eigenvalue weighted by molar-refractivity contribution is 8.15. The first-order valence-electron chi connectivity index (χ1n) is 12.5. The van der Waals surface area contributed by atoms with Crippen LogP contribution < -0.4 is 25.4 Å². The van der Waals surface area contributed by atoms with Gasteiger partial charge in [0.15, 0.2) is 0 Å². The maximum Gasteiger partial charge on any atom is 0.323 e. The van der Waals surface area contributed by atoms with E-state index in [4.69, 9.17) is 26.1 Å². The smallest absolute Gasteiger partial charge is 0.323 e. The van der Waals surface area contributed by atoms with E-state index in [0.717, 1.165) is 16.2 Å². The highest BCUT2D eigenvalue weighted by atomic mass is 35.5. The zero-order valence-corrected chi connectivity index (χ0v) is 23.7. The Labute approximate surface area is 241 Å². The Morgan fingerprint density at radius 1 is 0.900 bits per heavy atom. The van der Waals surface area contributed by atoms with E-state index in [-0.39, 0.29) is 5.91 Å². The molecule has 204 valence electrons. The fourth-order valence-electron chi connectivity index (χ4n) is 4.76. The lowest BCUT2D eigenvalue weighted by Gasteiger charge is -2.28. The van der Waals surface area contributed by atoms with E-state index in [1.807, 2.05) is 49.4 Å². The van der Waals surface area contributed by atoms with E-state index >= 15 is 0 Å². The van der Waals surface area contributed by atoms with Gasteiger partial charge in [0, 0.05) is 33.7 Å². The second kappa shape index (κ2) is 11.9. The predicted molar refractivity (Wildman–Crippen MR) is 161 cm³/mol. The molecule has 8 nitrogen and oxygen atoms in total. The molecule has 0 bridgehead atoms. The summed E-state index contributed by atoms with van der Waals surface area (Å²) in [6.07, 6.45) is 0. The van der Waals surface area contributed by atoms with Gasteiger partial charge in [0.25, 0.3) is 5.91 Å². The molecule has 1 atom stereocenters. The Morgan fingerprint density at radius 2 is 1.60 bits per heavy atom. The second-order valence-corrected chi connectivity index (χ2v) is 10.4. The quantitative estimate of drug-likeness (QED) is 0.295. The average Bonchev–Trinajstić information content (AvgIpc) is 3.34. The minimum atomic E-state index is -0.456. The Kier molecular flexibility index (Phi) is 8.14. The molecule has 0 aliphatic carbocycles. The van der Waals surface area contributed by atoms with Gasteiger partial charge in [-0.2, -0.15) is 0 Å². The van der Waals surface area contributed by atoms with Crippen molar-refractivity contribution in [2.24, 2.45) is 4.99 Å². The van der Waals surface area contributed by atoms with Crippen molar-refractivity contribution in [2.75, 3.05) is 30.6 Å². The molecular weight excluding hydrogens is 548 g/mol. The number of anilines is 2. The molecule has 5 rings (SSSR count). The van der Waals surface area contributed by atoms with Crippen molar-refractivity contribution in [1.29, 1.82) is 0 Å². The van der Waals surface area contributed by atoms with Gasteiger partial charge in [0.1, 0.15) is 16.5 Å². The number of rotatable bonds is 7. The number of amides is 3. The lowest BCUT2D eigenvalue weighted by atomic mass is 9.81. The molecule has 0 radical (unpaired) electrons. The van der Waals surface area contributed by atoms with Crippen molar-refractivity contribution < 1.29 is 19.1 Å². The fourth-order valence-corrected chi connectivity index (χ4v) is 6.04. The van der Waals surface area contributed by atoms with Gasteiger partial charge in [-0.1, -0.05) is 65.8 Å². The minimum absolute atomic E-state index is 0.296. The largest absolute Gasteiger partial charge is 0.495 e. The molecule has 0 fully saturated rings. The minimum Gasteiger partial charge on any atom is -0.495 e. The summed E-state index contributed by atoms with van der Waals surface area (Å²) in [6.45, 7) is 1.83. The monoisotopic (exact) mass is 574 g/mol. The number of hydrogen-bond acceptors (Lipinski definition) is 6. The van der Waals surface area contributed by atoms with Gasteiger partial charge in [-0.3, -0.25) is 4.79 Å². The lowest BCUT2D eigenvalue weighted by molar-refractivity contribution is -0.113. The van der Waals surface area contributed by atoms with Gasteiger partial charge in [-0.05, 0) is 42.8 Å². The molecule has 0 saturated carbocycles. The van der Waals surface area contributed by atoms with Crippen molar-refractivity contribution in [1.82, 2.24) is 5.32 Å². The van der Waals surface area contributed by atoms with Crippen molar-refractivity contribution >= 4 is 51.7 Å². The third-order valence-corrected chi connectivity index (χ3v) is 7.80. The molecule has 3 aromatic rings. The summed E-state index contributed by atoms with van der Waals surface area (Å²) in [5.41, 5.74) is 4.48. The van der Waals surface area contributed by atoms with E-state index in [1.165, 1.54) is 18.9 Å². The van der Waals surface area contributed by atoms with Crippen LogP contribution >= 0.6 is 23.4 Å². The Bertz CT molecular complexity index is 1570. The first kappa shape index (κ1) is 27.4. The maximum absolute atomic E-state index is 13.8. The highest BCUT2D eigenvalue weighted by Gasteiger charge is 2.39. The zero-order valence-electron chi connectivity index (χ0n) is 22.1. The number of carbonyl (C=O) groups is 2. The number of halogens is 1. The summed E-state index contributed by atoms with van der Waals surface area (Å²) in [4.78, 5) is 31.8. The summed E-state index contributed by atoms with van der Waals surface area (Å²) in [7, 11) is 3.08. The first-order valence-corrected chi connectivity index (χ1v) is 13.8. The van der Waals surface area contributed by atoms with Crippen LogP contribution in [-0.2, 0) is 4.79 Å². The Hall–Kier alpha value is -4.21. The van der Waals surface area contributed by atoms with E-state index in [2.05, 4.69) is 16.0 Å². The van der Waals surface area contributed by atoms with E-state index < -0.39 is 11.9 Å². The number of carbonyl (C=O) groups excluding carboxylic acids is 2. The number of aliphatic imine (C=N–C) groups is 1. The van der Waals surface area contributed by atoms with Crippen LogP contribution in [0.15, 0.2) is 100 Å². The third kappa shape index (κ3) is 5.57. The van der Waals surface area contributed by atoms with Crippen LogP contribution in [0.4, 0.5) is 16.2 Å². The number of methoxy groups -OCH3 is 2. The van der Waals surface area contributed by atoms with Crippen molar-refractivity contribution in [2.45, 2.75) is 12.8 Å². The van der Waals surface area contributed by atoms with Gasteiger partial charge in [-0.15, -0.1) is 0 Å². The zero-order chi connectivity index (χ0) is 28.2. The van der Waals surface area contributed by atoms with Crippen LogP contribution in [0.25, 0.3) is 0 Å². The predicted octanol–water partition coefficient (Wildman–Crippen LogP) is 6.59. The molecule has 2 aliphatic rings. The van der Waals surface area contributed by atoms with E-state index in [9.17, 15) is 9.59 Å². The average molecular weight is 575 g/mol. The van der Waals surface area contributed by atoms with Crippen LogP contribution in [0.2, 0.25) is 5.02 Å². The SMILES string of the molecule is COc1ccc(Cl)cc1NC(=O)NC1=C2C(=NC(C)=C(C(=O)Nc3ccccc3OC)C2c2ccccc2)SC1. The summed E-state index contributed by atoms with van der Waals surface area (Å²) < 4.78 is 10.8. The van der Waals surface area contributed by atoms with Gasteiger partial charge in [0.2, 0.25) is 0 Å². The molecule has 0 spiro atoms. The van der Waals surface area contributed by atoms with Gasteiger partial charge >= 0.3 is 6.03 Å².